The summed E-state index contributed by atoms with van der Waals surface area (Å²) in [6.07, 6.45) is 10.2. The molecule has 1 fully saturated rings. The van der Waals surface area contributed by atoms with Crippen LogP contribution in [0.2, 0.25) is 0 Å². The van der Waals surface area contributed by atoms with Crippen molar-refractivity contribution in [2.24, 2.45) is 5.84 Å². The quantitative estimate of drug-likeness (QED) is 0.441. The lowest BCUT2D eigenvalue weighted by Crippen LogP contribution is -2.50. The Morgan fingerprint density at radius 3 is 2.87 bits per heavy atom. The summed E-state index contributed by atoms with van der Waals surface area (Å²) in [5.41, 5.74) is 4.62. The van der Waals surface area contributed by atoms with E-state index in [1.54, 1.807) is 5.57 Å². The minimum absolute atomic E-state index is 0.331. The molecule has 3 heteroatoms. The summed E-state index contributed by atoms with van der Waals surface area (Å²) in [7, 11) is 0. The number of thioether (sulfide) groups is 1. The zero-order valence-corrected chi connectivity index (χ0v) is 10.4. The first-order valence-corrected chi connectivity index (χ1v) is 7.04. The molecule has 0 saturated carbocycles. The molecule has 2 nitrogen and oxygen atoms in total. The second-order valence-electron chi connectivity index (χ2n) is 4.89. The van der Waals surface area contributed by atoms with Gasteiger partial charge >= 0.3 is 0 Å². The highest BCUT2D eigenvalue weighted by Crippen LogP contribution is 2.43. The van der Waals surface area contributed by atoms with E-state index in [2.05, 4.69) is 30.2 Å². The third-order valence-electron chi connectivity index (χ3n) is 3.72. The van der Waals surface area contributed by atoms with Gasteiger partial charge in [0.15, 0.2) is 0 Å². The molecule has 15 heavy (non-hydrogen) atoms. The van der Waals surface area contributed by atoms with Gasteiger partial charge in [0.1, 0.15) is 0 Å². The molecule has 0 aromatic rings. The first-order chi connectivity index (χ1) is 7.26. The molecule has 1 heterocycles. The largest absolute Gasteiger partial charge is 0.271 e. The van der Waals surface area contributed by atoms with Crippen LogP contribution in [-0.4, -0.2) is 16.5 Å². The summed E-state index contributed by atoms with van der Waals surface area (Å²) in [6.45, 7) is 2.37. The molecule has 0 amide bonds. The SMILES string of the molecule is CC1(C(NN)C2=CCCCC2)CCCS1. The van der Waals surface area contributed by atoms with Gasteiger partial charge in [-0.2, -0.15) is 11.8 Å². The first-order valence-electron chi connectivity index (χ1n) is 6.05. The number of hydrogen-bond donors (Lipinski definition) is 2. The average molecular weight is 226 g/mol. The van der Waals surface area contributed by atoms with E-state index in [9.17, 15) is 0 Å². The van der Waals surface area contributed by atoms with Gasteiger partial charge in [-0.05, 0) is 51.2 Å². The molecular weight excluding hydrogens is 204 g/mol. The smallest absolute Gasteiger partial charge is 0.0564 e. The molecule has 2 unspecified atom stereocenters. The Morgan fingerprint density at radius 1 is 1.47 bits per heavy atom. The van der Waals surface area contributed by atoms with Gasteiger partial charge in [0, 0.05) is 4.75 Å². The molecule has 1 saturated heterocycles. The van der Waals surface area contributed by atoms with Gasteiger partial charge in [-0.1, -0.05) is 11.6 Å². The van der Waals surface area contributed by atoms with Crippen LogP contribution in [0.15, 0.2) is 11.6 Å². The Labute approximate surface area is 97.0 Å². The van der Waals surface area contributed by atoms with Crippen molar-refractivity contribution in [3.8, 4) is 0 Å². The molecule has 0 aromatic heterocycles. The zero-order chi connectivity index (χ0) is 10.7. The van der Waals surface area contributed by atoms with E-state index in [4.69, 9.17) is 5.84 Å². The van der Waals surface area contributed by atoms with E-state index < -0.39 is 0 Å². The molecule has 0 bridgehead atoms. The van der Waals surface area contributed by atoms with E-state index in [1.807, 2.05) is 0 Å². The Bertz CT molecular complexity index is 244. The summed E-state index contributed by atoms with van der Waals surface area (Å²) in [6, 6.07) is 0.394. The Kier molecular flexibility index (Phi) is 3.75. The molecular formula is C12H22N2S. The van der Waals surface area contributed by atoms with Crippen LogP contribution < -0.4 is 11.3 Å². The van der Waals surface area contributed by atoms with Gasteiger partial charge in [-0.15, -0.1) is 0 Å². The monoisotopic (exact) mass is 226 g/mol. The molecule has 1 aliphatic heterocycles. The highest BCUT2D eigenvalue weighted by atomic mass is 32.2. The molecule has 2 aliphatic rings. The van der Waals surface area contributed by atoms with Crippen LogP contribution in [-0.2, 0) is 0 Å². The fraction of sp³-hybridized carbons (Fsp3) is 0.833. The Hall–Kier alpha value is 0.01000. The van der Waals surface area contributed by atoms with Crippen LogP contribution in [0.1, 0.15) is 45.4 Å². The van der Waals surface area contributed by atoms with Crippen LogP contribution in [0.5, 0.6) is 0 Å². The topological polar surface area (TPSA) is 38.0 Å². The van der Waals surface area contributed by atoms with E-state index in [1.165, 1.54) is 44.3 Å². The van der Waals surface area contributed by atoms with Gasteiger partial charge in [0.2, 0.25) is 0 Å². The third-order valence-corrected chi connectivity index (χ3v) is 5.32. The Morgan fingerprint density at radius 2 is 2.33 bits per heavy atom. The van der Waals surface area contributed by atoms with Crippen molar-refractivity contribution >= 4 is 11.8 Å². The second kappa shape index (κ2) is 4.89. The summed E-state index contributed by atoms with van der Waals surface area (Å²) in [5.74, 6) is 7.06. The number of hydrazine groups is 1. The number of nitrogens with one attached hydrogen (secondary N) is 1. The maximum absolute atomic E-state index is 5.76. The predicted octanol–water partition coefficient (Wildman–Crippen LogP) is 2.60. The lowest BCUT2D eigenvalue weighted by atomic mass is 9.85. The fourth-order valence-corrected chi connectivity index (χ4v) is 4.26. The minimum Gasteiger partial charge on any atom is -0.271 e. The van der Waals surface area contributed by atoms with Gasteiger partial charge < -0.3 is 0 Å². The standard InChI is InChI=1S/C12H22N2S/c1-12(8-5-9-15-12)11(14-13)10-6-3-2-4-7-10/h6,11,14H,2-5,7-9,13H2,1H3. The maximum atomic E-state index is 5.76. The number of hydrogen-bond acceptors (Lipinski definition) is 3. The molecule has 3 N–H and O–H groups in total. The van der Waals surface area contributed by atoms with Crippen molar-refractivity contribution in [1.82, 2.24) is 5.43 Å². The van der Waals surface area contributed by atoms with E-state index >= 15 is 0 Å². The third kappa shape index (κ3) is 2.40. The van der Waals surface area contributed by atoms with Crippen molar-refractivity contribution in [1.29, 1.82) is 0 Å². The van der Waals surface area contributed by atoms with Crippen molar-refractivity contribution in [2.75, 3.05) is 5.75 Å². The first kappa shape index (κ1) is 11.5. The van der Waals surface area contributed by atoms with E-state index in [0.29, 0.717) is 10.8 Å². The van der Waals surface area contributed by atoms with Crippen LogP contribution in [0, 0.1) is 0 Å². The summed E-state index contributed by atoms with van der Waals surface area (Å²) in [4.78, 5) is 0. The number of nitrogens with two attached hydrogens (primary N) is 1. The highest BCUT2D eigenvalue weighted by Gasteiger charge is 2.39. The Balaban J connectivity index is 2.11. The number of allylic oxidation sites excluding steroid dienone is 1. The normalized spacial score (nSPS) is 33.9. The molecule has 2 atom stereocenters. The molecule has 0 aromatic carbocycles. The molecule has 86 valence electrons. The summed E-state index contributed by atoms with van der Waals surface area (Å²) in [5, 5.41) is 0. The van der Waals surface area contributed by atoms with Crippen molar-refractivity contribution in [3.63, 3.8) is 0 Å². The highest BCUT2D eigenvalue weighted by molar-refractivity contribution is 8.00. The molecule has 2 rings (SSSR count). The van der Waals surface area contributed by atoms with Crippen molar-refractivity contribution in [3.05, 3.63) is 11.6 Å². The molecule has 0 radical (unpaired) electrons. The molecule has 1 aliphatic carbocycles. The molecule has 0 spiro atoms. The van der Waals surface area contributed by atoms with Crippen molar-refractivity contribution < 1.29 is 0 Å². The lowest BCUT2D eigenvalue weighted by molar-refractivity contribution is 0.433. The fourth-order valence-electron chi connectivity index (χ4n) is 2.83. The van der Waals surface area contributed by atoms with Crippen molar-refractivity contribution in [2.45, 2.75) is 56.2 Å². The van der Waals surface area contributed by atoms with E-state index in [-0.39, 0.29) is 0 Å². The predicted molar refractivity (Wildman–Crippen MR) is 67.8 cm³/mol. The van der Waals surface area contributed by atoms with E-state index in [0.717, 1.165) is 0 Å². The van der Waals surface area contributed by atoms with Crippen LogP contribution in [0.4, 0.5) is 0 Å². The minimum atomic E-state index is 0.331. The van der Waals surface area contributed by atoms with Gasteiger partial charge in [-0.25, -0.2) is 0 Å². The lowest BCUT2D eigenvalue weighted by Gasteiger charge is -2.35. The van der Waals surface area contributed by atoms with Crippen LogP contribution in [0.25, 0.3) is 0 Å². The van der Waals surface area contributed by atoms with Gasteiger partial charge in [0.25, 0.3) is 0 Å². The van der Waals surface area contributed by atoms with Gasteiger partial charge in [-0.3, -0.25) is 11.3 Å². The average Bonchev–Trinajstić information content (AvgIpc) is 2.68. The van der Waals surface area contributed by atoms with Crippen LogP contribution in [0.3, 0.4) is 0 Å². The van der Waals surface area contributed by atoms with Crippen LogP contribution >= 0.6 is 11.8 Å². The summed E-state index contributed by atoms with van der Waals surface area (Å²) < 4.78 is 0.331. The van der Waals surface area contributed by atoms with Gasteiger partial charge in [0.05, 0.1) is 6.04 Å². The summed E-state index contributed by atoms with van der Waals surface area (Å²) >= 11 is 2.09. The number of rotatable bonds is 3. The zero-order valence-electron chi connectivity index (χ0n) is 9.59. The maximum Gasteiger partial charge on any atom is 0.0564 e. The second-order valence-corrected chi connectivity index (χ2v) is 6.52.